The molecule has 0 saturated heterocycles. The highest BCUT2D eigenvalue weighted by molar-refractivity contribution is 5.76. The van der Waals surface area contributed by atoms with E-state index in [0.29, 0.717) is 19.4 Å². The van der Waals surface area contributed by atoms with Crippen LogP contribution in [0.1, 0.15) is 38.7 Å². The van der Waals surface area contributed by atoms with Crippen molar-refractivity contribution < 1.29 is 9.90 Å². The van der Waals surface area contributed by atoms with Crippen LogP contribution in [-0.2, 0) is 11.2 Å². The van der Waals surface area contributed by atoms with Crippen molar-refractivity contribution in [2.24, 2.45) is 11.1 Å². The summed E-state index contributed by atoms with van der Waals surface area (Å²) in [6.07, 6.45) is 2.83. The van der Waals surface area contributed by atoms with E-state index in [1.165, 1.54) is 0 Å². The molecule has 0 saturated carbocycles. The van der Waals surface area contributed by atoms with Crippen molar-refractivity contribution in [1.29, 1.82) is 0 Å². The van der Waals surface area contributed by atoms with E-state index in [9.17, 15) is 9.90 Å². The third kappa shape index (κ3) is 7.25. The first-order valence-corrected chi connectivity index (χ1v) is 7.61. The molecule has 0 fully saturated rings. The summed E-state index contributed by atoms with van der Waals surface area (Å²) in [5.41, 5.74) is 6.77. The second-order valence-electron chi connectivity index (χ2n) is 6.34. The van der Waals surface area contributed by atoms with Crippen molar-refractivity contribution >= 4 is 5.91 Å². The van der Waals surface area contributed by atoms with E-state index in [4.69, 9.17) is 5.73 Å². The summed E-state index contributed by atoms with van der Waals surface area (Å²) in [6, 6.07) is 9.65. The molecule has 1 aromatic carbocycles. The summed E-state index contributed by atoms with van der Waals surface area (Å²) in [7, 11) is 0. The first-order valence-electron chi connectivity index (χ1n) is 7.61. The van der Waals surface area contributed by atoms with Crippen molar-refractivity contribution in [1.82, 2.24) is 5.32 Å². The number of nitrogens with two attached hydrogens (primary N) is 1. The molecule has 4 N–H and O–H groups in total. The van der Waals surface area contributed by atoms with Crippen LogP contribution in [0.5, 0.6) is 0 Å². The molecule has 21 heavy (non-hydrogen) atoms. The summed E-state index contributed by atoms with van der Waals surface area (Å²) in [6.45, 7) is 4.84. The minimum Gasteiger partial charge on any atom is -0.394 e. The molecule has 1 atom stereocenters. The standard InChI is InChI=1S/C17H28N2O2/c1-17(2,10-11-18)9-8-16(21)19-15(13-20)12-14-6-4-3-5-7-14/h3-7,15,20H,8-13,18H2,1-2H3,(H,19,21)/t15-/m1/s1. The average molecular weight is 292 g/mol. The molecule has 0 aliphatic carbocycles. The number of carbonyl (C=O) groups is 1. The van der Waals surface area contributed by atoms with Gasteiger partial charge in [0.2, 0.25) is 5.91 Å². The molecule has 0 aliphatic heterocycles. The molecule has 0 aliphatic rings. The Labute approximate surface area is 127 Å². The van der Waals surface area contributed by atoms with Gasteiger partial charge < -0.3 is 16.2 Å². The van der Waals surface area contributed by atoms with Crippen LogP contribution in [0.2, 0.25) is 0 Å². The Hall–Kier alpha value is -1.39. The molecule has 1 aromatic rings. The smallest absolute Gasteiger partial charge is 0.220 e. The molecule has 0 aromatic heterocycles. The van der Waals surface area contributed by atoms with Crippen molar-refractivity contribution in [3.8, 4) is 0 Å². The molecule has 0 heterocycles. The average Bonchev–Trinajstić information content (AvgIpc) is 2.45. The summed E-state index contributed by atoms with van der Waals surface area (Å²) in [4.78, 5) is 12.0. The summed E-state index contributed by atoms with van der Waals surface area (Å²) >= 11 is 0. The predicted octanol–water partition coefficient (Wildman–Crippen LogP) is 1.86. The topological polar surface area (TPSA) is 75.4 Å². The van der Waals surface area contributed by atoms with Crippen LogP contribution < -0.4 is 11.1 Å². The van der Waals surface area contributed by atoms with Gasteiger partial charge in [-0.25, -0.2) is 0 Å². The molecule has 4 heteroatoms. The number of nitrogens with one attached hydrogen (secondary N) is 1. The van der Waals surface area contributed by atoms with Crippen LogP contribution in [-0.4, -0.2) is 30.2 Å². The highest BCUT2D eigenvalue weighted by atomic mass is 16.3. The maximum Gasteiger partial charge on any atom is 0.220 e. The van der Waals surface area contributed by atoms with Crippen LogP contribution in [0.3, 0.4) is 0 Å². The van der Waals surface area contributed by atoms with E-state index in [0.717, 1.165) is 18.4 Å². The van der Waals surface area contributed by atoms with Gasteiger partial charge in [0.05, 0.1) is 12.6 Å². The van der Waals surface area contributed by atoms with Gasteiger partial charge in [0.1, 0.15) is 0 Å². The van der Waals surface area contributed by atoms with Gasteiger partial charge in [0.25, 0.3) is 0 Å². The highest BCUT2D eigenvalue weighted by Gasteiger charge is 2.19. The van der Waals surface area contributed by atoms with Gasteiger partial charge in [0.15, 0.2) is 0 Å². The van der Waals surface area contributed by atoms with Crippen LogP contribution >= 0.6 is 0 Å². The van der Waals surface area contributed by atoms with Gasteiger partial charge in [-0.15, -0.1) is 0 Å². The fraction of sp³-hybridized carbons (Fsp3) is 0.588. The van der Waals surface area contributed by atoms with E-state index in [2.05, 4.69) is 19.2 Å². The molecule has 0 unspecified atom stereocenters. The Balaban J connectivity index is 2.41. The number of aliphatic hydroxyl groups excluding tert-OH is 1. The molecular weight excluding hydrogens is 264 g/mol. The van der Waals surface area contributed by atoms with Crippen LogP contribution in [0, 0.1) is 5.41 Å². The van der Waals surface area contributed by atoms with Crippen molar-refractivity contribution in [2.45, 2.75) is 45.6 Å². The van der Waals surface area contributed by atoms with E-state index >= 15 is 0 Å². The minimum absolute atomic E-state index is 0.00456. The van der Waals surface area contributed by atoms with E-state index in [1.54, 1.807) is 0 Å². The second kappa shape index (κ2) is 8.80. The molecule has 118 valence electrons. The predicted molar refractivity (Wildman–Crippen MR) is 85.8 cm³/mol. The molecule has 0 spiro atoms. The number of carbonyl (C=O) groups excluding carboxylic acids is 1. The quantitative estimate of drug-likeness (QED) is 0.650. The Kier molecular flexibility index (Phi) is 7.40. The number of rotatable bonds is 9. The Morgan fingerprint density at radius 1 is 1.29 bits per heavy atom. The van der Waals surface area contributed by atoms with Crippen LogP contribution in [0.15, 0.2) is 30.3 Å². The first kappa shape index (κ1) is 17.7. The maximum atomic E-state index is 12.0. The number of hydrogen-bond donors (Lipinski definition) is 3. The summed E-state index contributed by atoms with van der Waals surface area (Å²) in [5, 5.41) is 12.3. The Morgan fingerprint density at radius 2 is 1.95 bits per heavy atom. The summed E-state index contributed by atoms with van der Waals surface area (Å²) < 4.78 is 0. The van der Waals surface area contributed by atoms with Gasteiger partial charge in [-0.05, 0) is 36.8 Å². The van der Waals surface area contributed by atoms with Gasteiger partial charge in [-0.2, -0.15) is 0 Å². The largest absolute Gasteiger partial charge is 0.394 e. The molecule has 1 rings (SSSR count). The minimum atomic E-state index is -0.225. The van der Waals surface area contributed by atoms with Crippen molar-refractivity contribution in [3.63, 3.8) is 0 Å². The van der Waals surface area contributed by atoms with Gasteiger partial charge in [-0.1, -0.05) is 44.2 Å². The zero-order chi connectivity index (χ0) is 15.7. The molecular formula is C17H28N2O2. The lowest BCUT2D eigenvalue weighted by Crippen LogP contribution is -2.39. The van der Waals surface area contributed by atoms with Gasteiger partial charge in [-0.3, -0.25) is 4.79 Å². The number of aliphatic hydroxyl groups is 1. The Bertz CT molecular complexity index is 418. The SMILES string of the molecule is CC(C)(CCN)CCC(=O)N[C@@H](CO)Cc1ccccc1. The van der Waals surface area contributed by atoms with E-state index < -0.39 is 0 Å². The van der Waals surface area contributed by atoms with E-state index in [-0.39, 0.29) is 24.0 Å². The van der Waals surface area contributed by atoms with E-state index in [1.807, 2.05) is 30.3 Å². The second-order valence-corrected chi connectivity index (χ2v) is 6.34. The van der Waals surface area contributed by atoms with Crippen molar-refractivity contribution in [2.75, 3.05) is 13.2 Å². The lowest BCUT2D eigenvalue weighted by atomic mass is 9.84. The fourth-order valence-corrected chi connectivity index (χ4v) is 2.33. The number of amides is 1. The molecule has 1 amide bonds. The van der Waals surface area contributed by atoms with Crippen LogP contribution in [0.25, 0.3) is 0 Å². The Morgan fingerprint density at radius 3 is 2.52 bits per heavy atom. The first-order chi connectivity index (χ1) is 9.96. The molecule has 4 nitrogen and oxygen atoms in total. The third-order valence-electron chi connectivity index (χ3n) is 3.76. The number of hydrogen-bond acceptors (Lipinski definition) is 3. The lowest BCUT2D eigenvalue weighted by molar-refractivity contribution is -0.122. The zero-order valence-electron chi connectivity index (χ0n) is 13.1. The molecule has 0 radical (unpaired) electrons. The van der Waals surface area contributed by atoms with Crippen LogP contribution in [0.4, 0.5) is 0 Å². The normalized spacial score (nSPS) is 13.0. The number of benzene rings is 1. The van der Waals surface area contributed by atoms with Gasteiger partial charge >= 0.3 is 0 Å². The molecule has 0 bridgehead atoms. The zero-order valence-corrected chi connectivity index (χ0v) is 13.1. The summed E-state index contributed by atoms with van der Waals surface area (Å²) in [5.74, 6) is -0.00456. The lowest BCUT2D eigenvalue weighted by Gasteiger charge is -2.24. The highest BCUT2D eigenvalue weighted by Crippen LogP contribution is 2.25. The monoisotopic (exact) mass is 292 g/mol. The van der Waals surface area contributed by atoms with Gasteiger partial charge in [0, 0.05) is 6.42 Å². The third-order valence-corrected chi connectivity index (χ3v) is 3.76. The van der Waals surface area contributed by atoms with Crippen molar-refractivity contribution in [3.05, 3.63) is 35.9 Å². The fourth-order valence-electron chi connectivity index (χ4n) is 2.33. The maximum absolute atomic E-state index is 12.0.